The third kappa shape index (κ3) is 4.76. The highest BCUT2D eigenvalue weighted by atomic mass is 32.2. The summed E-state index contributed by atoms with van der Waals surface area (Å²) in [6, 6.07) is 3.89. The number of hydrogen-bond acceptors (Lipinski definition) is 4. The van der Waals surface area contributed by atoms with Gasteiger partial charge in [-0.3, -0.25) is 9.89 Å². The Morgan fingerprint density at radius 3 is 2.95 bits per heavy atom. The van der Waals surface area contributed by atoms with Crippen molar-refractivity contribution >= 4 is 17.7 Å². The zero-order valence-electron chi connectivity index (χ0n) is 12.3. The topological polar surface area (TPSA) is 44.0 Å². The van der Waals surface area contributed by atoms with Gasteiger partial charge in [-0.15, -0.1) is 0 Å². The van der Waals surface area contributed by atoms with Crippen molar-refractivity contribution in [2.45, 2.75) is 6.54 Å². The second kappa shape index (κ2) is 8.21. The van der Waals surface area contributed by atoms with Gasteiger partial charge < -0.3 is 14.6 Å². The van der Waals surface area contributed by atoms with E-state index < -0.39 is 0 Å². The second-order valence-corrected chi connectivity index (χ2v) is 6.09. The highest BCUT2D eigenvalue weighted by Crippen LogP contribution is 2.08. The normalized spacial score (nSPS) is 17.2. The number of thioether (sulfide) groups is 1. The molecule has 6 heteroatoms. The van der Waals surface area contributed by atoms with Gasteiger partial charge in [-0.1, -0.05) is 0 Å². The summed E-state index contributed by atoms with van der Waals surface area (Å²) in [5.74, 6) is 4.37. The van der Waals surface area contributed by atoms with Crippen LogP contribution in [0.25, 0.3) is 0 Å². The van der Waals surface area contributed by atoms with Crippen LogP contribution in [0.1, 0.15) is 5.76 Å². The fourth-order valence-electron chi connectivity index (χ4n) is 2.25. The van der Waals surface area contributed by atoms with Crippen LogP contribution in [-0.4, -0.2) is 67.5 Å². The first-order chi connectivity index (χ1) is 9.79. The molecule has 1 aliphatic rings. The molecule has 1 N–H and O–H groups in total. The van der Waals surface area contributed by atoms with E-state index in [1.807, 2.05) is 38.0 Å². The van der Waals surface area contributed by atoms with Crippen LogP contribution in [0.15, 0.2) is 27.8 Å². The summed E-state index contributed by atoms with van der Waals surface area (Å²) >= 11 is 2.05. The van der Waals surface area contributed by atoms with E-state index in [-0.39, 0.29) is 0 Å². The molecule has 0 unspecified atom stereocenters. The van der Waals surface area contributed by atoms with Crippen LogP contribution < -0.4 is 5.32 Å². The van der Waals surface area contributed by atoms with Gasteiger partial charge in [-0.25, -0.2) is 0 Å². The molecule has 0 atom stereocenters. The van der Waals surface area contributed by atoms with Gasteiger partial charge in [0.1, 0.15) is 5.76 Å². The second-order valence-electron chi connectivity index (χ2n) is 4.86. The number of guanidine groups is 1. The van der Waals surface area contributed by atoms with Crippen molar-refractivity contribution in [1.29, 1.82) is 0 Å². The van der Waals surface area contributed by atoms with Crippen molar-refractivity contribution in [3.8, 4) is 0 Å². The van der Waals surface area contributed by atoms with Crippen LogP contribution in [0.4, 0.5) is 0 Å². The van der Waals surface area contributed by atoms with Gasteiger partial charge in [-0.2, -0.15) is 11.8 Å². The molecule has 5 nitrogen and oxygen atoms in total. The van der Waals surface area contributed by atoms with E-state index in [0.29, 0.717) is 0 Å². The van der Waals surface area contributed by atoms with Crippen molar-refractivity contribution in [3.05, 3.63) is 24.2 Å². The molecular formula is C14H24N4OS. The van der Waals surface area contributed by atoms with E-state index in [9.17, 15) is 0 Å². The van der Waals surface area contributed by atoms with Gasteiger partial charge in [0.05, 0.1) is 12.8 Å². The van der Waals surface area contributed by atoms with E-state index in [4.69, 9.17) is 4.42 Å². The number of nitrogens with zero attached hydrogens (tertiary/aromatic N) is 3. The molecule has 0 aliphatic carbocycles. The van der Waals surface area contributed by atoms with Gasteiger partial charge in [-0.05, 0) is 12.1 Å². The first-order valence-corrected chi connectivity index (χ1v) is 8.19. The number of aliphatic imine (C=N–C) groups is 1. The fraction of sp³-hybridized carbons (Fsp3) is 0.643. The summed E-state index contributed by atoms with van der Waals surface area (Å²) in [5, 5.41) is 3.41. The minimum Gasteiger partial charge on any atom is -0.467 e. The van der Waals surface area contributed by atoms with Gasteiger partial charge >= 0.3 is 0 Å². The molecule has 2 rings (SSSR count). The average molecular weight is 296 g/mol. The number of hydrogen-bond donors (Lipinski definition) is 1. The zero-order valence-corrected chi connectivity index (χ0v) is 13.2. The Bertz CT molecular complexity index is 401. The molecule has 0 amide bonds. The lowest BCUT2D eigenvalue weighted by Crippen LogP contribution is -2.43. The first kappa shape index (κ1) is 15.3. The van der Waals surface area contributed by atoms with Crippen molar-refractivity contribution in [3.63, 3.8) is 0 Å². The maximum absolute atomic E-state index is 5.36. The summed E-state index contributed by atoms with van der Waals surface area (Å²) in [6.07, 6.45) is 1.70. The van der Waals surface area contributed by atoms with Crippen molar-refractivity contribution in [2.75, 3.05) is 51.8 Å². The molecular weight excluding hydrogens is 272 g/mol. The molecule has 2 heterocycles. The molecule has 0 bridgehead atoms. The van der Waals surface area contributed by atoms with Crippen molar-refractivity contribution in [1.82, 2.24) is 15.1 Å². The van der Waals surface area contributed by atoms with Gasteiger partial charge in [0.15, 0.2) is 5.96 Å². The maximum Gasteiger partial charge on any atom is 0.193 e. The largest absolute Gasteiger partial charge is 0.467 e. The molecule has 0 spiro atoms. The predicted octanol–water partition coefficient (Wildman–Crippen LogP) is 1.34. The predicted molar refractivity (Wildman–Crippen MR) is 85.3 cm³/mol. The Balaban J connectivity index is 1.71. The van der Waals surface area contributed by atoms with Gasteiger partial charge in [0.2, 0.25) is 0 Å². The molecule has 1 saturated heterocycles. The Morgan fingerprint density at radius 2 is 2.30 bits per heavy atom. The minimum absolute atomic E-state index is 0.729. The molecule has 1 aromatic rings. The van der Waals surface area contributed by atoms with Crippen LogP contribution in [-0.2, 0) is 6.54 Å². The summed E-state index contributed by atoms with van der Waals surface area (Å²) < 4.78 is 5.36. The van der Waals surface area contributed by atoms with Gasteiger partial charge in [0, 0.05) is 51.8 Å². The molecule has 1 aliphatic heterocycles. The van der Waals surface area contributed by atoms with Gasteiger partial charge in [0.25, 0.3) is 0 Å². The van der Waals surface area contributed by atoms with E-state index in [2.05, 4.69) is 20.1 Å². The van der Waals surface area contributed by atoms with E-state index >= 15 is 0 Å². The fourth-order valence-corrected chi connectivity index (χ4v) is 3.23. The van der Waals surface area contributed by atoms with Crippen LogP contribution in [0.2, 0.25) is 0 Å². The minimum atomic E-state index is 0.729. The van der Waals surface area contributed by atoms with E-state index in [0.717, 1.165) is 31.4 Å². The molecule has 1 fully saturated rings. The standard InChI is InChI=1S/C14H24N4OS/c1-15-14(17(2)12-13-4-3-9-19-13)16-5-6-18-7-10-20-11-8-18/h3-4,9H,5-8,10-12H2,1-2H3,(H,15,16). The van der Waals surface area contributed by atoms with Crippen LogP contribution in [0, 0.1) is 0 Å². The Labute approximate surface area is 125 Å². The average Bonchev–Trinajstić information content (AvgIpc) is 2.97. The van der Waals surface area contributed by atoms with E-state index in [1.54, 1.807) is 6.26 Å². The third-order valence-electron chi connectivity index (χ3n) is 3.36. The number of rotatable bonds is 5. The quantitative estimate of drug-likeness (QED) is 0.656. The van der Waals surface area contributed by atoms with Crippen molar-refractivity contribution < 1.29 is 4.42 Å². The molecule has 20 heavy (non-hydrogen) atoms. The maximum atomic E-state index is 5.36. The number of nitrogens with one attached hydrogen (secondary N) is 1. The lowest BCUT2D eigenvalue weighted by Gasteiger charge is -2.27. The smallest absolute Gasteiger partial charge is 0.193 e. The summed E-state index contributed by atoms with van der Waals surface area (Å²) in [6.45, 7) is 5.14. The SMILES string of the molecule is CN=C(NCCN1CCSCC1)N(C)Cc1ccco1. The lowest BCUT2D eigenvalue weighted by molar-refractivity contribution is 0.304. The molecule has 0 aromatic carbocycles. The summed E-state index contributed by atoms with van der Waals surface area (Å²) in [5.41, 5.74) is 0. The Kier molecular flexibility index (Phi) is 6.26. The third-order valence-corrected chi connectivity index (χ3v) is 4.30. The molecule has 1 aromatic heterocycles. The highest BCUT2D eigenvalue weighted by Gasteiger charge is 2.11. The lowest BCUT2D eigenvalue weighted by atomic mass is 10.4. The molecule has 112 valence electrons. The van der Waals surface area contributed by atoms with Crippen molar-refractivity contribution in [2.24, 2.45) is 4.99 Å². The zero-order chi connectivity index (χ0) is 14.2. The first-order valence-electron chi connectivity index (χ1n) is 7.04. The Morgan fingerprint density at radius 1 is 1.50 bits per heavy atom. The summed E-state index contributed by atoms with van der Waals surface area (Å²) in [7, 11) is 3.84. The molecule has 0 saturated carbocycles. The monoisotopic (exact) mass is 296 g/mol. The van der Waals surface area contributed by atoms with E-state index in [1.165, 1.54) is 24.6 Å². The molecule has 0 radical (unpaired) electrons. The summed E-state index contributed by atoms with van der Waals surface area (Å²) in [4.78, 5) is 8.90. The van der Waals surface area contributed by atoms with Crippen LogP contribution in [0.3, 0.4) is 0 Å². The van der Waals surface area contributed by atoms with Crippen LogP contribution in [0.5, 0.6) is 0 Å². The number of furan rings is 1. The Hall–Kier alpha value is -1.14. The highest BCUT2D eigenvalue weighted by molar-refractivity contribution is 7.99. The van der Waals surface area contributed by atoms with Crippen LogP contribution >= 0.6 is 11.8 Å².